The van der Waals surface area contributed by atoms with Crippen molar-refractivity contribution in [2.45, 2.75) is 32.3 Å². The third-order valence-electron chi connectivity index (χ3n) is 3.84. The molecule has 7 heteroatoms. The fourth-order valence-corrected chi connectivity index (χ4v) is 3.19. The molecule has 0 aliphatic heterocycles. The molecular formula is C17H24N4O2Si. The minimum atomic E-state index is -1.07. The van der Waals surface area contributed by atoms with Crippen LogP contribution in [-0.4, -0.2) is 36.7 Å². The highest BCUT2D eigenvalue weighted by Gasteiger charge is 2.17. The molecule has 6 nitrogen and oxygen atoms in total. The van der Waals surface area contributed by atoms with Gasteiger partial charge in [0.2, 0.25) is 5.95 Å². The standard InChI is InChI=1S/C17H24N4O2Si/c1-18-17-20-14-12(11-22-8-9-24(2,3)4)10-19-16(14)15(21-17)13-6-5-7-23-13/h5-7,10,19H,8-9,11H2,1-4H3,(H,18,20,21). The van der Waals surface area contributed by atoms with Gasteiger partial charge in [0, 0.05) is 33.5 Å². The van der Waals surface area contributed by atoms with Gasteiger partial charge in [0.1, 0.15) is 5.69 Å². The van der Waals surface area contributed by atoms with Crippen molar-refractivity contribution in [3.05, 3.63) is 30.2 Å². The van der Waals surface area contributed by atoms with Crippen molar-refractivity contribution in [1.29, 1.82) is 0 Å². The molecule has 0 unspecified atom stereocenters. The van der Waals surface area contributed by atoms with Gasteiger partial charge in [-0.15, -0.1) is 0 Å². The Kier molecular flexibility index (Phi) is 4.73. The lowest BCUT2D eigenvalue weighted by molar-refractivity contribution is 0.134. The molecule has 3 aromatic heterocycles. The van der Waals surface area contributed by atoms with Crippen molar-refractivity contribution in [3.8, 4) is 11.5 Å². The third kappa shape index (κ3) is 3.68. The average Bonchev–Trinajstić information content (AvgIpc) is 3.19. The lowest BCUT2D eigenvalue weighted by Crippen LogP contribution is -2.21. The van der Waals surface area contributed by atoms with E-state index in [-0.39, 0.29) is 0 Å². The Labute approximate surface area is 142 Å². The molecule has 0 aliphatic rings. The molecule has 128 valence electrons. The fourth-order valence-electron chi connectivity index (χ4n) is 2.43. The first kappa shape index (κ1) is 16.7. The van der Waals surface area contributed by atoms with E-state index in [9.17, 15) is 0 Å². The van der Waals surface area contributed by atoms with Crippen LogP contribution in [0.15, 0.2) is 29.0 Å². The molecule has 0 aliphatic carbocycles. The van der Waals surface area contributed by atoms with Gasteiger partial charge in [-0.3, -0.25) is 0 Å². The first-order valence-corrected chi connectivity index (χ1v) is 11.9. The number of aromatic nitrogens is 3. The van der Waals surface area contributed by atoms with Crippen LogP contribution in [-0.2, 0) is 11.3 Å². The normalized spacial score (nSPS) is 12.0. The summed E-state index contributed by atoms with van der Waals surface area (Å²) in [5.74, 6) is 1.28. The highest BCUT2D eigenvalue weighted by molar-refractivity contribution is 6.76. The highest BCUT2D eigenvalue weighted by Crippen LogP contribution is 2.29. The second-order valence-electron chi connectivity index (χ2n) is 7.02. The Bertz CT molecular complexity index is 806. The molecule has 0 aromatic carbocycles. The van der Waals surface area contributed by atoms with E-state index in [0.717, 1.165) is 34.9 Å². The number of hydrogen-bond acceptors (Lipinski definition) is 5. The number of hydrogen-bond donors (Lipinski definition) is 2. The molecule has 0 spiro atoms. The smallest absolute Gasteiger partial charge is 0.223 e. The van der Waals surface area contributed by atoms with Gasteiger partial charge in [-0.1, -0.05) is 19.6 Å². The van der Waals surface area contributed by atoms with Crippen molar-refractivity contribution in [2.75, 3.05) is 19.0 Å². The molecule has 24 heavy (non-hydrogen) atoms. The van der Waals surface area contributed by atoms with E-state index in [0.29, 0.717) is 18.3 Å². The van der Waals surface area contributed by atoms with Gasteiger partial charge >= 0.3 is 0 Å². The van der Waals surface area contributed by atoms with Crippen LogP contribution in [0.1, 0.15) is 5.56 Å². The molecule has 2 N–H and O–H groups in total. The number of H-pyrrole nitrogens is 1. The molecule has 3 heterocycles. The molecule has 0 fully saturated rings. The van der Waals surface area contributed by atoms with Crippen LogP contribution in [0.3, 0.4) is 0 Å². The van der Waals surface area contributed by atoms with Crippen molar-refractivity contribution >= 4 is 25.1 Å². The summed E-state index contributed by atoms with van der Waals surface area (Å²) in [6, 6.07) is 4.90. The molecule has 0 bridgehead atoms. The SMILES string of the molecule is CNc1nc(-c2ccco2)c2[nH]cc(COCC[Si](C)(C)C)c2n1. The number of anilines is 1. The summed E-state index contributed by atoms with van der Waals surface area (Å²) in [7, 11) is 0.736. The molecule has 0 atom stereocenters. The number of nitrogens with one attached hydrogen (secondary N) is 2. The van der Waals surface area contributed by atoms with Gasteiger partial charge in [0.25, 0.3) is 0 Å². The van der Waals surface area contributed by atoms with E-state index in [4.69, 9.17) is 9.15 Å². The summed E-state index contributed by atoms with van der Waals surface area (Å²) in [6.07, 6.45) is 3.59. The minimum Gasteiger partial charge on any atom is -0.463 e. The summed E-state index contributed by atoms with van der Waals surface area (Å²) >= 11 is 0. The van der Waals surface area contributed by atoms with Crippen LogP contribution in [0.2, 0.25) is 25.7 Å². The quantitative estimate of drug-likeness (QED) is 0.498. The van der Waals surface area contributed by atoms with Crippen LogP contribution >= 0.6 is 0 Å². The van der Waals surface area contributed by atoms with Crippen LogP contribution in [0.5, 0.6) is 0 Å². The third-order valence-corrected chi connectivity index (χ3v) is 5.54. The Hall–Kier alpha value is -2.12. The fraction of sp³-hybridized carbons (Fsp3) is 0.412. The zero-order valence-corrected chi connectivity index (χ0v) is 15.6. The van der Waals surface area contributed by atoms with Crippen molar-refractivity contribution in [3.63, 3.8) is 0 Å². The molecule has 3 rings (SSSR count). The van der Waals surface area contributed by atoms with E-state index >= 15 is 0 Å². The van der Waals surface area contributed by atoms with Gasteiger partial charge in [-0.25, -0.2) is 9.97 Å². The predicted octanol–water partition coefficient (Wildman–Crippen LogP) is 4.11. The molecule has 0 saturated heterocycles. The van der Waals surface area contributed by atoms with Crippen molar-refractivity contribution in [2.24, 2.45) is 0 Å². The maximum atomic E-state index is 5.88. The van der Waals surface area contributed by atoms with E-state index in [2.05, 4.69) is 39.9 Å². The van der Waals surface area contributed by atoms with Gasteiger partial charge in [-0.05, 0) is 18.2 Å². The average molecular weight is 344 g/mol. The lowest BCUT2D eigenvalue weighted by Gasteiger charge is -2.15. The summed E-state index contributed by atoms with van der Waals surface area (Å²) in [6.45, 7) is 8.39. The number of nitrogens with zero attached hydrogens (tertiary/aromatic N) is 2. The topological polar surface area (TPSA) is 76.0 Å². The lowest BCUT2D eigenvalue weighted by atomic mass is 10.2. The number of aromatic amines is 1. The maximum Gasteiger partial charge on any atom is 0.223 e. The minimum absolute atomic E-state index is 0.544. The Morgan fingerprint density at radius 3 is 2.79 bits per heavy atom. The van der Waals surface area contributed by atoms with Gasteiger partial charge in [-0.2, -0.15) is 0 Å². The first-order chi connectivity index (χ1) is 11.5. The highest BCUT2D eigenvalue weighted by atomic mass is 28.3. The zero-order valence-electron chi connectivity index (χ0n) is 14.6. The van der Waals surface area contributed by atoms with Crippen LogP contribution in [0, 0.1) is 0 Å². The van der Waals surface area contributed by atoms with Crippen LogP contribution in [0.4, 0.5) is 5.95 Å². The van der Waals surface area contributed by atoms with Crippen molar-refractivity contribution in [1.82, 2.24) is 15.0 Å². The molecular weight excluding hydrogens is 320 g/mol. The van der Waals surface area contributed by atoms with Crippen molar-refractivity contribution < 1.29 is 9.15 Å². The summed E-state index contributed by atoms with van der Waals surface area (Å²) in [4.78, 5) is 12.4. The monoisotopic (exact) mass is 344 g/mol. The Morgan fingerprint density at radius 1 is 1.29 bits per heavy atom. The van der Waals surface area contributed by atoms with Gasteiger partial charge in [0.15, 0.2) is 5.76 Å². The van der Waals surface area contributed by atoms with Crippen LogP contribution < -0.4 is 5.32 Å². The van der Waals surface area contributed by atoms with Gasteiger partial charge in [0.05, 0.1) is 23.9 Å². The van der Waals surface area contributed by atoms with Crippen LogP contribution in [0.25, 0.3) is 22.5 Å². The number of ether oxygens (including phenoxy) is 1. The zero-order chi connectivity index (χ0) is 17.2. The molecule has 0 radical (unpaired) electrons. The van der Waals surface area contributed by atoms with E-state index < -0.39 is 8.07 Å². The maximum absolute atomic E-state index is 5.88. The summed E-state index contributed by atoms with van der Waals surface area (Å²) < 4.78 is 11.4. The molecule has 3 aromatic rings. The number of rotatable bonds is 7. The van der Waals surface area contributed by atoms with Gasteiger partial charge < -0.3 is 19.5 Å². The number of furan rings is 1. The Balaban J connectivity index is 1.87. The molecule has 0 saturated carbocycles. The second kappa shape index (κ2) is 6.78. The molecule has 0 amide bonds. The number of fused-ring (bicyclic) bond motifs is 1. The van der Waals surface area contributed by atoms with E-state index in [1.165, 1.54) is 0 Å². The second-order valence-corrected chi connectivity index (χ2v) is 12.6. The summed E-state index contributed by atoms with van der Waals surface area (Å²) in [5.41, 5.74) is 3.52. The first-order valence-electron chi connectivity index (χ1n) is 8.15. The largest absolute Gasteiger partial charge is 0.463 e. The van der Waals surface area contributed by atoms with E-state index in [1.807, 2.05) is 25.4 Å². The van der Waals surface area contributed by atoms with E-state index in [1.54, 1.807) is 6.26 Å². The Morgan fingerprint density at radius 2 is 2.12 bits per heavy atom. The summed E-state index contributed by atoms with van der Waals surface area (Å²) in [5, 5.41) is 3.01. The predicted molar refractivity (Wildman–Crippen MR) is 98.9 cm³/mol.